The summed E-state index contributed by atoms with van der Waals surface area (Å²) in [5.41, 5.74) is 15.6. The second-order valence-corrected chi connectivity index (χ2v) is 15.8. The summed E-state index contributed by atoms with van der Waals surface area (Å²) in [7, 11) is 2.24. The fourth-order valence-electron chi connectivity index (χ4n) is 9.86. The minimum absolute atomic E-state index is 1.01. The van der Waals surface area contributed by atoms with Crippen LogP contribution in [0.1, 0.15) is 5.56 Å². The van der Waals surface area contributed by atoms with Crippen LogP contribution in [0, 0.1) is 0 Å². The highest BCUT2D eigenvalue weighted by molar-refractivity contribution is 6.18. The van der Waals surface area contributed by atoms with Gasteiger partial charge in [0.25, 0.3) is 0 Å². The lowest BCUT2D eigenvalue weighted by Gasteiger charge is -2.28. The van der Waals surface area contributed by atoms with Crippen molar-refractivity contribution in [1.29, 1.82) is 0 Å². The van der Waals surface area contributed by atoms with Crippen molar-refractivity contribution in [1.82, 2.24) is 9.13 Å². The summed E-state index contributed by atoms with van der Waals surface area (Å²) >= 11 is 0. The van der Waals surface area contributed by atoms with Gasteiger partial charge in [-0.25, -0.2) is 0 Å². The van der Waals surface area contributed by atoms with E-state index < -0.39 is 0 Å². The van der Waals surface area contributed by atoms with Crippen LogP contribution >= 0.6 is 0 Å². The quantitative estimate of drug-likeness (QED) is 0.168. The van der Waals surface area contributed by atoms with Crippen molar-refractivity contribution in [2.45, 2.75) is 6.42 Å². The number of fused-ring (bicyclic) bond motifs is 8. The molecule has 59 heavy (non-hydrogen) atoms. The van der Waals surface area contributed by atoms with Gasteiger partial charge in [0, 0.05) is 74.8 Å². The van der Waals surface area contributed by atoms with E-state index in [-0.39, 0.29) is 0 Å². The summed E-state index contributed by atoms with van der Waals surface area (Å²) in [5, 5.41) is 7.41. The Balaban J connectivity index is 1.21. The molecule has 9 aromatic carbocycles. The minimum Gasteiger partial charge on any atom is -0.374 e. The zero-order valence-electron chi connectivity index (χ0n) is 32.8. The Morgan fingerprint density at radius 2 is 1.00 bits per heavy atom. The first-order valence-electron chi connectivity index (χ1n) is 20.5. The molecule has 2 aromatic heterocycles. The van der Waals surface area contributed by atoms with E-state index in [0.29, 0.717) is 0 Å². The first-order valence-corrected chi connectivity index (χ1v) is 20.5. The summed E-state index contributed by atoms with van der Waals surface area (Å²) in [6, 6.07) is 73.6. The Bertz CT molecular complexity index is 3410. The lowest BCUT2D eigenvalue weighted by Crippen LogP contribution is -2.13. The van der Waals surface area contributed by atoms with Gasteiger partial charge in [0.05, 0.1) is 22.1 Å². The summed E-state index contributed by atoms with van der Waals surface area (Å²) in [4.78, 5) is 4.92. The molecule has 0 bridgehead atoms. The minimum atomic E-state index is 1.01. The van der Waals surface area contributed by atoms with E-state index >= 15 is 0 Å². The van der Waals surface area contributed by atoms with E-state index in [1.807, 2.05) is 0 Å². The topological polar surface area (TPSA) is 16.3 Å². The molecule has 4 heteroatoms. The van der Waals surface area contributed by atoms with Gasteiger partial charge in [0.15, 0.2) is 0 Å². The van der Waals surface area contributed by atoms with Gasteiger partial charge in [-0.3, -0.25) is 0 Å². The van der Waals surface area contributed by atoms with Gasteiger partial charge >= 0.3 is 0 Å². The van der Waals surface area contributed by atoms with E-state index in [4.69, 9.17) is 0 Å². The Morgan fingerprint density at radius 3 is 1.78 bits per heavy atom. The van der Waals surface area contributed by atoms with Crippen LogP contribution in [0.15, 0.2) is 200 Å². The lowest BCUT2D eigenvalue weighted by molar-refractivity contribution is 0.956. The zero-order valence-corrected chi connectivity index (χ0v) is 32.8. The molecule has 11 aromatic rings. The molecule has 4 nitrogen and oxygen atoms in total. The van der Waals surface area contributed by atoms with Crippen LogP contribution < -0.4 is 9.80 Å². The van der Waals surface area contributed by atoms with Crippen LogP contribution in [0.4, 0.5) is 22.7 Å². The smallest absolute Gasteiger partial charge is 0.0568 e. The third-order valence-corrected chi connectivity index (χ3v) is 12.5. The van der Waals surface area contributed by atoms with Gasteiger partial charge in [0.1, 0.15) is 0 Å². The molecule has 0 fully saturated rings. The fraction of sp³-hybridized carbons (Fsp3) is 0.0545. The number of anilines is 4. The Kier molecular flexibility index (Phi) is 7.54. The number of hydrogen-bond donors (Lipinski definition) is 0. The Hall–Kier alpha value is -7.56. The maximum absolute atomic E-state index is 2.47. The summed E-state index contributed by atoms with van der Waals surface area (Å²) in [6.07, 6.45) is 1.05. The summed E-state index contributed by atoms with van der Waals surface area (Å²) in [5.74, 6) is 0. The molecule has 0 saturated heterocycles. The molecule has 0 amide bonds. The van der Waals surface area contributed by atoms with Gasteiger partial charge in [-0.2, -0.15) is 0 Å². The van der Waals surface area contributed by atoms with Gasteiger partial charge in [0.2, 0.25) is 0 Å². The van der Waals surface area contributed by atoms with Crippen molar-refractivity contribution < 1.29 is 0 Å². The SMILES string of the molecule is CN1CCc2cccc(-c3cc(N(c4ccc5ccccc5c4)c4ccc5c6ccccc6n(-c6ccccc6)c5c4)cc4c3c3ccccc3n4-c3ccccc3)c21. The standard InChI is InChI=1S/C55H40N4/c1-56-32-31-38-17-14-24-47(55(38)56)49-34-44(36-53-54(49)48-23-11-13-26-51(48)59(53)41-20-6-3-7-21-41)57(42-28-27-37-15-8-9-16-39(37)33-42)43-29-30-46-45-22-10-12-25-50(45)58(52(46)35-43)40-18-4-2-5-19-40/h2-30,33-36H,31-32H2,1H3. The first kappa shape index (κ1) is 33.6. The van der Waals surface area contributed by atoms with Crippen molar-refractivity contribution >= 4 is 77.1 Å². The average molecular weight is 757 g/mol. The summed E-state index contributed by atoms with van der Waals surface area (Å²) in [6.45, 7) is 1.01. The Labute approximate surface area is 343 Å². The van der Waals surface area contributed by atoms with Crippen molar-refractivity contribution in [2.75, 3.05) is 23.4 Å². The maximum atomic E-state index is 2.47. The molecule has 1 aliphatic heterocycles. The predicted octanol–water partition coefficient (Wildman–Crippen LogP) is 14.2. The highest BCUT2D eigenvalue weighted by Crippen LogP contribution is 2.48. The highest BCUT2D eigenvalue weighted by atomic mass is 15.2. The van der Waals surface area contributed by atoms with E-state index in [9.17, 15) is 0 Å². The van der Waals surface area contributed by atoms with Crippen LogP contribution in [-0.2, 0) is 6.42 Å². The maximum Gasteiger partial charge on any atom is 0.0568 e. The molecule has 3 heterocycles. The highest BCUT2D eigenvalue weighted by Gasteiger charge is 2.26. The monoisotopic (exact) mass is 756 g/mol. The zero-order chi connectivity index (χ0) is 39.0. The van der Waals surface area contributed by atoms with Crippen LogP contribution in [0.5, 0.6) is 0 Å². The van der Waals surface area contributed by atoms with Gasteiger partial charge in [-0.15, -0.1) is 0 Å². The molecule has 1 aliphatic rings. The van der Waals surface area contributed by atoms with Crippen LogP contribution in [-0.4, -0.2) is 22.7 Å². The first-order chi connectivity index (χ1) is 29.2. The van der Waals surface area contributed by atoms with E-state index in [1.54, 1.807) is 0 Å². The van der Waals surface area contributed by atoms with Gasteiger partial charge in [-0.1, -0.05) is 127 Å². The van der Waals surface area contributed by atoms with Crippen molar-refractivity contribution in [3.8, 4) is 22.5 Å². The Morgan fingerprint density at radius 1 is 0.407 bits per heavy atom. The van der Waals surface area contributed by atoms with E-state index in [2.05, 4.69) is 226 Å². The number of hydrogen-bond acceptors (Lipinski definition) is 2. The second kappa shape index (κ2) is 13.3. The molecule has 0 N–H and O–H groups in total. The number of aromatic nitrogens is 2. The second-order valence-electron chi connectivity index (χ2n) is 15.8. The van der Waals surface area contributed by atoms with E-state index in [1.165, 1.54) is 76.8 Å². The molecular weight excluding hydrogens is 717 g/mol. The number of likely N-dealkylation sites (N-methyl/N-ethyl adjacent to an activating group) is 1. The number of nitrogens with zero attached hydrogens (tertiary/aromatic N) is 4. The molecule has 0 atom stereocenters. The third-order valence-electron chi connectivity index (χ3n) is 12.5. The molecule has 12 rings (SSSR count). The molecule has 280 valence electrons. The van der Waals surface area contributed by atoms with Crippen LogP contribution in [0.2, 0.25) is 0 Å². The van der Waals surface area contributed by atoms with E-state index in [0.717, 1.165) is 41.4 Å². The molecule has 0 radical (unpaired) electrons. The average Bonchev–Trinajstić information content (AvgIpc) is 3.96. The largest absolute Gasteiger partial charge is 0.374 e. The number of para-hydroxylation sites is 5. The van der Waals surface area contributed by atoms with Gasteiger partial charge in [-0.05, 0) is 101 Å². The van der Waals surface area contributed by atoms with Crippen LogP contribution in [0.3, 0.4) is 0 Å². The van der Waals surface area contributed by atoms with Crippen molar-refractivity contribution in [3.63, 3.8) is 0 Å². The third kappa shape index (κ3) is 5.23. The summed E-state index contributed by atoms with van der Waals surface area (Å²) < 4.78 is 4.87. The normalized spacial score (nSPS) is 12.7. The predicted molar refractivity (Wildman–Crippen MR) is 250 cm³/mol. The fourth-order valence-corrected chi connectivity index (χ4v) is 9.86. The van der Waals surface area contributed by atoms with Crippen LogP contribution in [0.25, 0.3) is 76.9 Å². The lowest BCUT2D eigenvalue weighted by atomic mass is 9.94. The molecule has 0 saturated carbocycles. The molecule has 0 unspecified atom stereocenters. The molecule has 0 aliphatic carbocycles. The van der Waals surface area contributed by atoms with Crippen molar-refractivity contribution in [3.05, 3.63) is 206 Å². The van der Waals surface area contributed by atoms with Gasteiger partial charge < -0.3 is 18.9 Å². The van der Waals surface area contributed by atoms with Crippen molar-refractivity contribution in [2.24, 2.45) is 0 Å². The number of rotatable bonds is 6. The molecular formula is C55H40N4. The molecule has 0 spiro atoms. The number of benzene rings is 9.